The lowest BCUT2D eigenvalue weighted by Crippen LogP contribution is -2.39. The van der Waals surface area contributed by atoms with Crippen molar-refractivity contribution < 1.29 is 9.90 Å². The number of carbonyl (C=O) groups excluding carboxylic acids is 1. The highest BCUT2D eigenvalue weighted by atomic mass is 16.3. The number of hydrogen-bond acceptors (Lipinski definition) is 5. The van der Waals surface area contributed by atoms with Crippen LogP contribution in [0.5, 0.6) is 0 Å². The summed E-state index contributed by atoms with van der Waals surface area (Å²) >= 11 is 0. The highest BCUT2D eigenvalue weighted by Gasteiger charge is 2.24. The summed E-state index contributed by atoms with van der Waals surface area (Å²) in [5.41, 5.74) is 1.96. The average Bonchev–Trinajstić information content (AvgIpc) is 3.05. The topological polar surface area (TPSA) is 83.3 Å². The van der Waals surface area contributed by atoms with E-state index in [0.29, 0.717) is 19.0 Å². The molecule has 0 atom stereocenters. The number of aliphatic hydroxyl groups excluding tert-OH is 1. The van der Waals surface area contributed by atoms with Crippen molar-refractivity contribution in [2.75, 3.05) is 31.6 Å². The Bertz CT molecular complexity index is 650. The summed E-state index contributed by atoms with van der Waals surface area (Å²) in [6.45, 7) is 2.82. The van der Waals surface area contributed by atoms with E-state index in [1.165, 1.54) is 5.69 Å². The minimum atomic E-state index is 0.00460. The summed E-state index contributed by atoms with van der Waals surface area (Å²) in [7, 11) is 0. The van der Waals surface area contributed by atoms with E-state index in [0.717, 1.165) is 31.6 Å². The molecule has 0 aromatic carbocycles. The number of piperidine rings is 1. The molecule has 1 fully saturated rings. The molecule has 3 rings (SSSR count). The molecule has 0 unspecified atom stereocenters. The van der Waals surface area contributed by atoms with Crippen LogP contribution in [0.3, 0.4) is 0 Å². The number of aliphatic hydroxyl groups is 1. The van der Waals surface area contributed by atoms with E-state index in [9.17, 15) is 4.79 Å². The standard InChI is InChI=1S/C17H23N5O2/c23-12-11-22-16(3-8-19-22)14-4-9-21(10-5-14)13-17(24)20-15-1-6-18-7-2-15/h1-3,6-8,14,23H,4-5,9-13H2,(H,18,20,24). The number of amides is 1. The number of aromatic nitrogens is 3. The van der Waals surface area contributed by atoms with E-state index in [-0.39, 0.29) is 12.5 Å². The van der Waals surface area contributed by atoms with Crippen LogP contribution in [0.4, 0.5) is 5.69 Å². The fourth-order valence-corrected chi connectivity index (χ4v) is 3.20. The van der Waals surface area contributed by atoms with Crippen molar-refractivity contribution in [2.45, 2.75) is 25.3 Å². The van der Waals surface area contributed by atoms with Gasteiger partial charge in [-0.25, -0.2) is 0 Å². The Labute approximate surface area is 141 Å². The van der Waals surface area contributed by atoms with Crippen LogP contribution in [0.1, 0.15) is 24.5 Å². The fraction of sp³-hybridized carbons (Fsp3) is 0.471. The molecular weight excluding hydrogens is 306 g/mol. The third-order valence-electron chi connectivity index (χ3n) is 4.40. The minimum absolute atomic E-state index is 0.00460. The molecule has 1 amide bonds. The number of rotatable bonds is 6. The monoisotopic (exact) mass is 329 g/mol. The Hall–Kier alpha value is -2.25. The van der Waals surface area contributed by atoms with Crippen molar-refractivity contribution in [3.05, 3.63) is 42.5 Å². The van der Waals surface area contributed by atoms with Crippen LogP contribution < -0.4 is 5.32 Å². The molecule has 7 nitrogen and oxygen atoms in total. The third-order valence-corrected chi connectivity index (χ3v) is 4.40. The molecule has 128 valence electrons. The molecule has 2 aromatic heterocycles. The van der Waals surface area contributed by atoms with Crippen LogP contribution in [0, 0.1) is 0 Å². The maximum Gasteiger partial charge on any atom is 0.238 e. The number of likely N-dealkylation sites (tertiary alicyclic amines) is 1. The summed E-state index contributed by atoms with van der Waals surface area (Å²) < 4.78 is 1.89. The number of hydrogen-bond donors (Lipinski definition) is 2. The number of carbonyl (C=O) groups is 1. The first-order chi connectivity index (χ1) is 11.8. The molecule has 1 aliphatic heterocycles. The summed E-state index contributed by atoms with van der Waals surface area (Å²) in [6, 6.07) is 5.60. The maximum atomic E-state index is 12.1. The van der Waals surface area contributed by atoms with Crippen LogP contribution in [0.15, 0.2) is 36.8 Å². The van der Waals surface area contributed by atoms with Crippen LogP contribution in [-0.2, 0) is 11.3 Å². The average molecular weight is 329 g/mol. The SMILES string of the molecule is O=C(CN1CCC(c2ccnn2CCO)CC1)Nc1ccncc1. The second kappa shape index (κ2) is 8.03. The quantitative estimate of drug-likeness (QED) is 0.829. The molecular formula is C17H23N5O2. The molecule has 2 aromatic rings. The maximum absolute atomic E-state index is 12.1. The Morgan fingerprint density at radius 3 is 2.67 bits per heavy atom. The van der Waals surface area contributed by atoms with E-state index in [1.54, 1.807) is 30.7 Å². The minimum Gasteiger partial charge on any atom is -0.394 e. The zero-order chi connectivity index (χ0) is 16.8. The van der Waals surface area contributed by atoms with E-state index in [1.807, 2.05) is 10.7 Å². The number of nitrogens with one attached hydrogen (secondary N) is 1. The molecule has 1 aliphatic rings. The van der Waals surface area contributed by atoms with Gasteiger partial charge in [-0.1, -0.05) is 0 Å². The van der Waals surface area contributed by atoms with Crippen molar-refractivity contribution in [1.82, 2.24) is 19.7 Å². The fourth-order valence-electron chi connectivity index (χ4n) is 3.20. The number of anilines is 1. The van der Waals surface area contributed by atoms with Gasteiger partial charge in [-0.05, 0) is 44.1 Å². The highest BCUT2D eigenvalue weighted by molar-refractivity contribution is 5.92. The molecule has 0 spiro atoms. The largest absolute Gasteiger partial charge is 0.394 e. The first kappa shape index (κ1) is 16.6. The van der Waals surface area contributed by atoms with E-state index < -0.39 is 0 Å². The molecule has 1 saturated heterocycles. The van der Waals surface area contributed by atoms with Crippen molar-refractivity contribution in [3.8, 4) is 0 Å². The second-order valence-electron chi connectivity index (χ2n) is 6.04. The summed E-state index contributed by atoms with van der Waals surface area (Å²) in [5, 5.41) is 16.3. The van der Waals surface area contributed by atoms with Crippen molar-refractivity contribution in [3.63, 3.8) is 0 Å². The molecule has 0 radical (unpaired) electrons. The Balaban J connectivity index is 1.48. The predicted octanol–water partition coefficient (Wildman–Crippen LogP) is 1.09. The Kier molecular flexibility index (Phi) is 5.55. The van der Waals surface area contributed by atoms with E-state index >= 15 is 0 Å². The predicted molar refractivity (Wildman–Crippen MR) is 90.6 cm³/mol. The van der Waals surface area contributed by atoms with Gasteiger partial charge < -0.3 is 10.4 Å². The van der Waals surface area contributed by atoms with Gasteiger partial charge in [0.15, 0.2) is 0 Å². The van der Waals surface area contributed by atoms with E-state index in [4.69, 9.17) is 5.11 Å². The molecule has 7 heteroatoms. The third kappa shape index (κ3) is 4.18. The number of nitrogens with zero attached hydrogens (tertiary/aromatic N) is 4. The molecule has 0 saturated carbocycles. The number of pyridine rings is 1. The molecule has 0 aliphatic carbocycles. The smallest absolute Gasteiger partial charge is 0.238 e. The van der Waals surface area contributed by atoms with Crippen LogP contribution in [0.2, 0.25) is 0 Å². The highest BCUT2D eigenvalue weighted by Crippen LogP contribution is 2.27. The van der Waals surface area contributed by atoms with Gasteiger partial charge in [0, 0.05) is 35.9 Å². The van der Waals surface area contributed by atoms with Gasteiger partial charge in [0.2, 0.25) is 5.91 Å². The van der Waals surface area contributed by atoms with Gasteiger partial charge in [-0.15, -0.1) is 0 Å². The Morgan fingerprint density at radius 1 is 1.21 bits per heavy atom. The summed E-state index contributed by atoms with van der Waals surface area (Å²) in [5.74, 6) is 0.448. The zero-order valence-corrected chi connectivity index (χ0v) is 13.6. The summed E-state index contributed by atoms with van der Waals surface area (Å²) in [6.07, 6.45) is 7.12. The van der Waals surface area contributed by atoms with Gasteiger partial charge in [0.05, 0.1) is 19.7 Å². The van der Waals surface area contributed by atoms with Crippen molar-refractivity contribution in [2.24, 2.45) is 0 Å². The normalized spacial score (nSPS) is 16.2. The Morgan fingerprint density at radius 2 is 1.96 bits per heavy atom. The lowest BCUT2D eigenvalue weighted by molar-refractivity contribution is -0.117. The first-order valence-corrected chi connectivity index (χ1v) is 8.31. The van der Waals surface area contributed by atoms with Crippen molar-refractivity contribution in [1.29, 1.82) is 0 Å². The lowest BCUT2D eigenvalue weighted by atomic mass is 9.93. The molecule has 3 heterocycles. The van der Waals surface area contributed by atoms with Crippen LogP contribution in [0.25, 0.3) is 0 Å². The van der Waals surface area contributed by atoms with Gasteiger partial charge in [-0.3, -0.25) is 19.4 Å². The van der Waals surface area contributed by atoms with Gasteiger partial charge in [-0.2, -0.15) is 5.10 Å². The second-order valence-corrected chi connectivity index (χ2v) is 6.04. The summed E-state index contributed by atoms with van der Waals surface area (Å²) in [4.78, 5) is 18.2. The van der Waals surface area contributed by atoms with Crippen molar-refractivity contribution >= 4 is 11.6 Å². The van der Waals surface area contributed by atoms with Gasteiger partial charge >= 0.3 is 0 Å². The van der Waals surface area contributed by atoms with E-state index in [2.05, 4.69) is 20.3 Å². The molecule has 2 N–H and O–H groups in total. The lowest BCUT2D eigenvalue weighted by Gasteiger charge is -2.31. The van der Waals surface area contributed by atoms with Gasteiger partial charge in [0.1, 0.15) is 0 Å². The first-order valence-electron chi connectivity index (χ1n) is 8.31. The van der Waals surface area contributed by atoms with Gasteiger partial charge in [0.25, 0.3) is 0 Å². The molecule has 0 bridgehead atoms. The molecule has 24 heavy (non-hydrogen) atoms. The van der Waals surface area contributed by atoms with Crippen LogP contribution in [-0.4, -0.2) is 56.9 Å². The zero-order valence-electron chi connectivity index (χ0n) is 13.6. The van der Waals surface area contributed by atoms with Crippen LogP contribution >= 0.6 is 0 Å².